The molecule has 0 fully saturated rings. The number of urea groups is 1. The van der Waals surface area contributed by atoms with Crippen LogP contribution in [0.1, 0.15) is 5.82 Å². The lowest BCUT2D eigenvalue weighted by Crippen LogP contribution is -2.36. The Morgan fingerprint density at radius 3 is 2.35 bits per heavy atom. The Kier molecular flexibility index (Phi) is 5.09. The summed E-state index contributed by atoms with van der Waals surface area (Å²) in [4.78, 5) is 14.6. The number of aryl methyl sites for hydroxylation is 2. The van der Waals surface area contributed by atoms with Crippen LogP contribution >= 0.6 is 0 Å². The molecule has 0 aliphatic heterocycles. The molecule has 0 saturated heterocycles. The largest absolute Gasteiger partial charge is 0.340 e. The van der Waals surface area contributed by atoms with Crippen LogP contribution < -0.4 is 10.0 Å². The summed E-state index contributed by atoms with van der Waals surface area (Å²) >= 11 is 0. The Morgan fingerprint density at radius 2 is 1.90 bits per heavy atom. The molecule has 2 N–H and O–H groups in total. The average Bonchev–Trinajstić information content (AvgIpc) is 2.64. The number of rotatable bonds is 1. The number of para-hydroxylation sites is 2. The molecule has 0 atom stereocenters. The van der Waals surface area contributed by atoms with E-state index in [4.69, 9.17) is 0 Å². The molecule has 110 valence electrons. The normalized spacial score (nSPS) is 10.6. The van der Waals surface area contributed by atoms with Crippen LogP contribution in [0, 0.1) is 6.92 Å². The molecule has 2 amide bonds. The highest BCUT2D eigenvalue weighted by Gasteiger charge is 2.03. The molecule has 8 heteroatoms. The molecule has 0 radical (unpaired) electrons. The van der Waals surface area contributed by atoms with Crippen molar-refractivity contribution in [2.45, 2.75) is 6.92 Å². The molecule has 0 aliphatic carbocycles. The van der Waals surface area contributed by atoms with Crippen molar-refractivity contribution in [1.29, 1.82) is 0 Å². The van der Waals surface area contributed by atoms with Crippen LogP contribution in [0.25, 0.3) is 11.0 Å². The molecule has 0 bridgehead atoms. The van der Waals surface area contributed by atoms with E-state index < -0.39 is 16.1 Å². The molecule has 0 aliphatic rings. The van der Waals surface area contributed by atoms with E-state index >= 15 is 0 Å². The molecular weight excluding hydrogens is 280 g/mol. The molecule has 0 spiro atoms. The predicted molar refractivity (Wildman–Crippen MR) is 77.9 cm³/mol. The summed E-state index contributed by atoms with van der Waals surface area (Å²) in [6.07, 6.45) is 0.905. The maximum atomic E-state index is 10.2. The van der Waals surface area contributed by atoms with Crippen LogP contribution in [0.15, 0.2) is 24.3 Å². The Hall–Kier alpha value is -2.09. The van der Waals surface area contributed by atoms with Gasteiger partial charge in [-0.05, 0) is 19.1 Å². The van der Waals surface area contributed by atoms with Crippen molar-refractivity contribution in [2.24, 2.45) is 7.05 Å². The molecular formula is C12H18N4O3S. The van der Waals surface area contributed by atoms with Gasteiger partial charge < -0.3 is 9.88 Å². The molecule has 0 unspecified atom stereocenters. The van der Waals surface area contributed by atoms with Crippen molar-refractivity contribution >= 4 is 27.1 Å². The fourth-order valence-corrected chi connectivity index (χ4v) is 1.92. The molecule has 20 heavy (non-hydrogen) atoms. The zero-order chi connectivity index (χ0) is 15.3. The van der Waals surface area contributed by atoms with Crippen LogP contribution in [-0.4, -0.2) is 37.3 Å². The van der Waals surface area contributed by atoms with E-state index in [1.54, 1.807) is 4.72 Å². The Morgan fingerprint density at radius 1 is 1.30 bits per heavy atom. The molecule has 1 aromatic carbocycles. The highest BCUT2D eigenvalue weighted by molar-refractivity contribution is 7.89. The standard InChI is InChI=1S/C9H10N2.C3H8N2O3S/c1-7-10-8-5-3-4-6-9(8)11(7)2;1-4-3(6)5-9(2,7)8/h3-6H,1-2H3;1-2H3,(H2,4,5,6). The summed E-state index contributed by atoms with van der Waals surface area (Å²) in [7, 11) is -0.0312. The highest BCUT2D eigenvalue weighted by atomic mass is 32.2. The third kappa shape index (κ3) is 4.54. The Labute approximate surface area is 118 Å². The van der Waals surface area contributed by atoms with E-state index in [0.717, 1.165) is 17.6 Å². The van der Waals surface area contributed by atoms with Crippen LogP contribution in [0.2, 0.25) is 0 Å². The SMILES string of the molecule is CNC(=O)NS(C)(=O)=O.Cc1nc2ccccc2n1C. The first kappa shape index (κ1) is 16.0. The van der Waals surface area contributed by atoms with E-state index in [2.05, 4.69) is 20.9 Å². The number of benzene rings is 1. The fourth-order valence-electron chi connectivity index (χ4n) is 1.49. The minimum Gasteiger partial charge on any atom is -0.340 e. The number of sulfonamides is 1. The number of hydrogen-bond acceptors (Lipinski definition) is 4. The first-order valence-electron chi connectivity index (χ1n) is 5.82. The highest BCUT2D eigenvalue weighted by Crippen LogP contribution is 2.12. The molecule has 1 aromatic heterocycles. The quantitative estimate of drug-likeness (QED) is 0.812. The Balaban J connectivity index is 0.000000206. The van der Waals surface area contributed by atoms with Crippen LogP contribution in [0.3, 0.4) is 0 Å². The molecule has 0 saturated carbocycles. The second-order valence-corrected chi connectivity index (χ2v) is 5.91. The first-order chi connectivity index (χ1) is 9.24. The number of carbonyl (C=O) groups excluding carboxylic acids is 1. The average molecular weight is 298 g/mol. The first-order valence-corrected chi connectivity index (χ1v) is 7.71. The molecule has 7 nitrogen and oxygen atoms in total. The van der Waals surface area contributed by atoms with E-state index in [1.165, 1.54) is 12.6 Å². The summed E-state index contributed by atoms with van der Waals surface area (Å²) in [5, 5.41) is 2.09. The van der Waals surface area contributed by atoms with Crippen molar-refractivity contribution in [3.63, 3.8) is 0 Å². The maximum absolute atomic E-state index is 10.2. The smallest absolute Gasteiger partial charge is 0.328 e. The molecule has 1 heterocycles. The van der Waals surface area contributed by atoms with Gasteiger partial charge in [-0.2, -0.15) is 0 Å². The summed E-state index contributed by atoms with van der Waals surface area (Å²) in [6, 6.07) is 7.42. The van der Waals surface area contributed by atoms with Gasteiger partial charge in [0.2, 0.25) is 10.0 Å². The third-order valence-corrected chi connectivity index (χ3v) is 3.07. The van der Waals surface area contributed by atoms with Crippen molar-refractivity contribution in [2.75, 3.05) is 13.3 Å². The lowest BCUT2D eigenvalue weighted by molar-refractivity contribution is 0.248. The zero-order valence-electron chi connectivity index (χ0n) is 11.8. The van der Waals surface area contributed by atoms with Crippen molar-refractivity contribution < 1.29 is 13.2 Å². The topological polar surface area (TPSA) is 93.1 Å². The minimum absolute atomic E-state index is 0.725. The molecule has 2 aromatic rings. The van der Waals surface area contributed by atoms with Gasteiger partial charge in [0.15, 0.2) is 0 Å². The van der Waals surface area contributed by atoms with Gasteiger partial charge in [0.1, 0.15) is 5.82 Å². The van der Waals surface area contributed by atoms with Crippen molar-refractivity contribution in [3.05, 3.63) is 30.1 Å². The lowest BCUT2D eigenvalue weighted by Gasteiger charge is -1.98. The van der Waals surface area contributed by atoms with Gasteiger partial charge in [-0.1, -0.05) is 12.1 Å². The summed E-state index contributed by atoms with van der Waals surface area (Å²) in [5.74, 6) is 1.06. The maximum Gasteiger partial charge on any atom is 0.328 e. The lowest BCUT2D eigenvalue weighted by atomic mass is 10.3. The number of imidazole rings is 1. The van der Waals surface area contributed by atoms with Crippen molar-refractivity contribution in [3.8, 4) is 0 Å². The summed E-state index contributed by atoms with van der Waals surface area (Å²) in [6.45, 7) is 2.01. The van der Waals surface area contributed by atoms with E-state index in [1.807, 2.05) is 32.2 Å². The van der Waals surface area contributed by atoms with E-state index in [-0.39, 0.29) is 0 Å². The summed E-state index contributed by atoms with van der Waals surface area (Å²) < 4.78 is 24.2. The van der Waals surface area contributed by atoms with Crippen molar-refractivity contribution in [1.82, 2.24) is 19.6 Å². The second-order valence-electron chi connectivity index (χ2n) is 4.16. The summed E-state index contributed by atoms with van der Waals surface area (Å²) in [5.41, 5.74) is 2.28. The van der Waals surface area contributed by atoms with Gasteiger partial charge in [-0.3, -0.25) is 0 Å². The van der Waals surface area contributed by atoms with Gasteiger partial charge in [-0.25, -0.2) is 22.9 Å². The second kappa shape index (κ2) is 6.38. The van der Waals surface area contributed by atoms with Crippen LogP contribution in [-0.2, 0) is 17.1 Å². The number of nitrogens with one attached hydrogen (secondary N) is 2. The zero-order valence-corrected chi connectivity index (χ0v) is 12.7. The van der Waals surface area contributed by atoms with E-state index in [9.17, 15) is 13.2 Å². The van der Waals surface area contributed by atoms with Gasteiger partial charge in [0, 0.05) is 14.1 Å². The monoisotopic (exact) mass is 298 g/mol. The van der Waals surface area contributed by atoms with Gasteiger partial charge in [0.05, 0.1) is 17.3 Å². The number of amides is 2. The van der Waals surface area contributed by atoms with Gasteiger partial charge in [0.25, 0.3) is 0 Å². The number of fused-ring (bicyclic) bond motifs is 1. The third-order valence-electron chi connectivity index (χ3n) is 2.52. The van der Waals surface area contributed by atoms with Crippen LogP contribution in [0.5, 0.6) is 0 Å². The predicted octanol–water partition coefficient (Wildman–Crippen LogP) is 0.757. The number of hydrogen-bond donors (Lipinski definition) is 2. The van der Waals surface area contributed by atoms with E-state index in [0.29, 0.717) is 0 Å². The molecule has 2 rings (SSSR count). The number of carbonyl (C=O) groups is 1. The number of aromatic nitrogens is 2. The number of nitrogens with zero attached hydrogens (tertiary/aromatic N) is 2. The Bertz CT molecular complexity index is 707. The minimum atomic E-state index is -3.40. The van der Waals surface area contributed by atoms with Gasteiger partial charge >= 0.3 is 6.03 Å². The fraction of sp³-hybridized carbons (Fsp3) is 0.333. The van der Waals surface area contributed by atoms with Gasteiger partial charge in [-0.15, -0.1) is 0 Å². The van der Waals surface area contributed by atoms with Crippen LogP contribution in [0.4, 0.5) is 4.79 Å².